The van der Waals surface area contributed by atoms with E-state index in [1.165, 1.54) is 11.1 Å². The first kappa shape index (κ1) is 13.5. The maximum atomic E-state index is 11.2. The molecule has 2 aliphatic heterocycles. The van der Waals surface area contributed by atoms with Crippen LogP contribution in [0.3, 0.4) is 0 Å². The Bertz CT molecular complexity index is 474. The molecule has 0 aliphatic carbocycles. The SMILES string of the molecule is CC1(C)CSCC(O)(C2NCCc3ccccc32)C1. The summed E-state index contributed by atoms with van der Waals surface area (Å²) in [5.74, 6) is 1.98. The number of hydrogen-bond acceptors (Lipinski definition) is 3. The molecule has 1 saturated heterocycles. The van der Waals surface area contributed by atoms with Crippen LogP contribution in [0, 0.1) is 5.41 Å². The zero-order valence-electron chi connectivity index (χ0n) is 11.8. The second-order valence-electron chi connectivity index (χ2n) is 6.77. The summed E-state index contributed by atoms with van der Waals surface area (Å²) in [7, 11) is 0. The van der Waals surface area contributed by atoms with Gasteiger partial charge in [-0.2, -0.15) is 11.8 Å². The molecule has 1 aromatic carbocycles. The Morgan fingerprint density at radius 3 is 2.84 bits per heavy atom. The molecule has 2 nitrogen and oxygen atoms in total. The van der Waals surface area contributed by atoms with Crippen molar-refractivity contribution in [3.8, 4) is 0 Å². The summed E-state index contributed by atoms with van der Waals surface area (Å²) in [5, 5.41) is 14.8. The predicted molar refractivity (Wildman–Crippen MR) is 81.6 cm³/mol. The van der Waals surface area contributed by atoms with Crippen LogP contribution in [0.1, 0.15) is 37.4 Å². The molecule has 0 amide bonds. The Morgan fingerprint density at radius 1 is 1.26 bits per heavy atom. The van der Waals surface area contributed by atoms with Crippen molar-refractivity contribution in [3.63, 3.8) is 0 Å². The lowest BCUT2D eigenvalue weighted by Gasteiger charge is -2.47. The van der Waals surface area contributed by atoms with Crippen molar-refractivity contribution >= 4 is 11.8 Å². The first-order valence-electron chi connectivity index (χ1n) is 7.12. The van der Waals surface area contributed by atoms with Crippen molar-refractivity contribution in [1.82, 2.24) is 5.32 Å². The highest BCUT2D eigenvalue weighted by atomic mass is 32.2. The zero-order valence-corrected chi connectivity index (χ0v) is 12.6. The van der Waals surface area contributed by atoms with Gasteiger partial charge in [0.1, 0.15) is 0 Å². The van der Waals surface area contributed by atoms with Crippen LogP contribution in [0.5, 0.6) is 0 Å². The first-order chi connectivity index (χ1) is 9.00. The molecule has 0 radical (unpaired) electrons. The van der Waals surface area contributed by atoms with E-state index < -0.39 is 5.60 Å². The van der Waals surface area contributed by atoms with Crippen LogP contribution in [0.4, 0.5) is 0 Å². The second-order valence-corrected chi connectivity index (χ2v) is 7.76. The summed E-state index contributed by atoms with van der Waals surface area (Å²) < 4.78 is 0. The van der Waals surface area contributed by atoms with Gasteiger partial charge in [0.25, 0.3) is 0 Å². The van der Waals surface area contributed by atoms with E-state index in [2.05, 4.69) is 43.4 Å². The lowest BCUT2D eigenvalue weighted by molar-refractivity contribution is -0.0174. The number of aliphatic hydroxyl groups is 1. The first-order valence-corrected chi connectivity index (χ1v) is 8.27. The van der Waals surface area contributed by atoms with Crippen molar-refractivity contribution in [2.75, 3.05) is 18.1 Å². The lowest BCUT2D eigenvalue weighted by atomic mass is 9.74. The van der Waals surface area contributed by atoms with Gasteiger partial charge in [0, 0.05) is 5.75 Å². The molecule has 2 atom stereocenters. The van der Waals surface area contributed by atoms with Gasteiger partial charge in [0.05, 0.1) is 11.6 Å². The molecule has 104 valence electrons. The number of hydrogen-bond donors (Lipinski definition) is 2. The van der Waals surface area contributed by atoms with Gasteiger partial charge in [-0.3, -0.25) is 0 Å². The summed E-state index contributed by atoms with van der Waals surface area (Å²) in [5.41, 5.74) is 2.29. The fraction of sp³-hybridized carbons (Fsp3) is 0.625. The normalized spacial score (nSPS) is 33.7. The largest absolute Gasteiger partial charge is 0.387 e. The minimum Gasteiger partial charge on any atom is -0.387 e. The topological polar surface area (TPSA) is 32.3 Å². The Hall–Kier alpha value is -0.510. The molecule has 2 heterocycles. The molecule has 2 unspecified atom stereocenters. The van der Waals surface area contributed by atoms with Crippen molar-refractivity contribution in [2.45, 2.75) is 38.3 Å². The fourth-order valence-corrected chi connectivity index (χ4v) is 4.98. The Morgan fingerprint density at radius 2 is 2.05 bits per heavy atom. The van der Waals surface area contributed by atoms with Crippen molar-refractivity contribution in [2.24, 2.45) is 5.41 Å². The van der Waals surface area contributed by atoms with Crippen LogP contribution in [0.25, 0.3) is 0 Å². The van der Waals surface area contributed by atoms with Gasteiger partial charge in [0.2, 0.25) is 0 Å². The molecule has 1 fully saturated rings. The smallest absolute Gasteiger partial charge is 0.0936 e. The molecule has 3 heteroatoms. The third-order valence-corrected chi connectivity index (χ3v) is 5.97. The van der Waals surface area contributed by atoms with Crippen LogP contribution in [0.15, 0.2) is 24.3 Å². The van der Waals surface area contributed by atoms with Gasteiger partial charge >= 0.3 is 0 Å². The minimum atomic E-state index is -0.622. The van der Waals surface area contributed by atoms with E-state index in [1.54, 1.807) is 0 Å². The van der Waals surface area contributed by atoms with E-state index in [4.69, 9.17) is 0 Å². The van der Waals surface area contributed by atoms with Gasteiger partial charge in [-0.1, -0.05) is 38.1 Å². The van der Waals surface area contributed by atoms with E-state index in [0.29, 0.717) is 0 Å². The van der Waals surface area contributed by atoms with Crippen LogP contribution < -0.4 is 5.32 Å². The molecule has 1 aromatic rings. The molecule has 2 aliphatic rings. The van der Waals surface area contributed by atoms with Gasteiger partial charge < -0.3 is 10.4 Å². The average Bonchev–Trinajstić information content (AvgIpc) is 2.36. The van der Waals surface area contributed by atoms with Gasteiger partial charge in [-0.15, -0.1) is 0 Å². The summed E-state index contributed by atoms with van der Waals surface area (Å²) >= 11 is 1.89. The van der Waals surface area contributed by atoms with E-state index in [0.717, 1.165) is 30.9 Å². The maximum Gasteiger partial charge on any atom is 0.0936 e. The molecule has 0 saturated carbocycles. The average molecular weight is 277 g/mol. The van der Waals surface area contributed by atoms with Crippen LogP contribution in [-0.4, -0.2) is 28.8 Å². The molecule has 0 aromatic heterocycles. The van der Waals surface area contributed by atoms with E-state index in [9.17, 15) is 5.11 Å². The highest BCUT2D eigenvalue weighted by Crippen LogP contribution is 2.46. The van der Waals surface area contributed by atoms with E-state index >= 15 is 0 Å². The van der Waals surface area contributed by atoms with Crippen LogP contribution >= 0.6 is 11.8 Å². The summed E-state index contributed by atoms with van der Waals surface area (Å²) in [6, 6.07) is 8.66. The van der Waals surface area contributed by atoms with Crippen molar-refractivity contribution in [3.05, 3.63) is 35.4 Å². The number of thioether (sulfide) groups is 1. The number of benzene rings is 1. The zero-order chi connectivity index (χ0) is 13.5. The highest BCUT2D eigenvalue weighted by molar-refractivity contribution is 7.99. The number of fused-ring (bicyclic) bond motifs is 1. The number of rotatable bonds is 1. The highest BCUT2D eigenvalue weighted by Gasteiger charge is 2.46. The predicted octanol–water partition coefficient (Wildman–Crippen LogP) is 2.77. The number of nitrogens with one attached hydrogen (secondary N) is 1. The van der Waals surface area contributed by atoms with Gasteiger partial charge in [-0.05, 0) is 41.7 Å². The molecule has 3 rings (SSSR count). The van der Waals surface area contributed by atoms with Crippen molar-refractivity contribution in [1.29, 1.82) is 0 Å². The van der Waals surface area contributed by atoms with Gasteiger partial charge in [-0.25, -0.2) is 0 Å². The summed E-state index contributed by atoms with van der Waals surface area (Å²) in [6.07, 6.45) is 1.94. The van der Waals surface area contributed by atoms with E-state index in [1.807, 2.05) is 11.8 Å². The standard InChI is InChI=1S/C16H23NOS/c1-15(2)9-16(18,11-19-10-15)14-13-6-4-3-5-12(13)7-8-17-14/h3-6,14,17-18H,7-11H2,1-2H3. The van der Waals surface area contributed by atoms with Crippen LogP contribution in [-0.2, 0) is 6.42 Å². The molecule has 0 bridgehead atoms. The quantitative estimate of drug-likeness (QED) is 0.828. The maximum absolute atomic E-state index is 11.2. The van der Waals surface area contributed by atoms with Gasteiger partial charge in [0.15, 0.2) is 0 Å². The minimum absolute atomic E-state index is 0.0875. The molecular weight excluding hydrogens is 254 g/mol. The summed E-state index contributed by atoms with van der Waals surface area (Å²) in [4.78, 5) is 0. The monoisotopic (exact) mass is 277 g/mol. The third kappa shape index (κ3) is 2.56. The molecule has 19 heavy (non-hydrogen) atoms. The second kappa shape index (κ2) is 4.80. The van der Waals surface area contributed by atoms with Crippen molar-refractivity contribution < 1.29 is 5.11 Å². The molecular formula is C16H23NOS. The van der Waals surface area contributed by atoms with Crippen LogP contribution in [0.2, 0.25) is 0 Å². The third-order valence-electron chi connectivity index (χ3n) is 4.28. The summed E-state index contributed by atoms with van der Waals surface area (Å²) in [6.45, 7) is 5.49. The Kier molecular flexibility index (Phi) is 3.40. The molecule has 2 N–H and O–H groups in total. The Labute approximate surface area is 120 Å². The molecule has 0 spiro atoms. The Balaban J connectivity index is 1.94. The lowest BCUT2D eigenvalue weighted by Crippen LogP contribution is -2.53. The van der Waals surface area contributed by atoms with E-state index in [-0.39, 0.29) is 11.5 Å². The fourth-order valence-electron chi connectivity index (χ4n) is 3.60.